The summed E-state index contributed by atoms with van der Waals surface area (Å²) in [6.45, 7) is 5.32. The highest BCUT2D eigenvalue weighted by molar-refractivity contribution is 5.55. The van der Waals surface area contributed by atoms with Gasteiger partial charge in [0.15, 0.2) is 0 Å². The van der Waals surface area contributed by atoms with E-state index < -0.39 is 0 Å². The fraction of sp³-hybridized carbons (Fsp3) is 0.750. The third kappa shape index (κ3) is 2.60. The number of hydrogen-bond donors (Lipinski definition) is 1. The topological polar surface area (TPSA) is 61.5 Å². The van der Waals surface area contributed by atoms with Crippen LogP contribution < -0.4 is 15.5 Å². The minimum atomic E-state index is 0.410. The summed E-state index contributed by atoms with van der Waals surface area (Å²) in [5.74, 6) is 3.29. The molecule has 1 saturated carbocycles. The van der Waals surface area contributed by atoms with Gasteiger partial charge in [0.1, 0.15) is 11.6 Å². The molecule has 2 aliphatic heterocycles. The lowest BCUT2D eigenvalue weighted by Gasteiger charge is -2.34. The average molecular weight is 302 g/mol. The third-order valence-corrected chi connectivity index (χ3v) is 5.49. The van der Waals surface area contributed by atoms with Gasteiger partial charge in [-0.25, -0.2) is 0 Å². The highest BCUT2D eigenvalue weighted by Gasteiger charge is 2.36. The Morgan fingerprint density at radius 3 is 2.64 bits per heavy atom. The van der Waals surface area contributed by atoms with Crippen molar-refractivity contribution in [3.8, 4) is 0 Å². The van der Waals surface area contributed by atoms with E-state index in [2.05, 4.69) is 37.8 Å². The molecule has 0 spiro atoms. The van der Waals surface area contributed by atoms with E-state index in [4.69, 9.17) is 5.73 Å². The first kappa shape index (κ1) is 14.1. The van der Waals surface area contributed by atoms with Gasteiger partial charge < -0.3 is 20.4 Å². The van der Waals surface area contributed by atoms with E-state index >= 15 is 0 Å². The van der Waals surface area contributed by atoms with Crippen LogP contribution in [0.5, 0.6) is 0 Å². The van der Waals surface area contributed by atoms with Crippen molar-refractivity contribution in [2.24, 2.45) is 5.92 Å². The van der Waals surface area contributed by atoms with Gasteiger partial charge in [0.05, 0.1) is 0 Å². The van der Waals surface area contributed by atoms with Gasteiger partial charge in [0.25, 0.3) is 0 Å². The molecule has 6 nitrogen and oxygen atoms in total. The lowest BCUT2D eigenvalue weighted by molar-refractivity contribution is 0.312. The molecule has 2 saturated heterocycles. The van der Waals surface area contributed by atoms with Crippen LogP contribution in [0.4, 0.5) is 17.6 Å². The van der Waals surface area contributed by atoms with Gasteiger partial charge in [-0.3, -0.25) is 0 Å². The fourth-order valence-corrected chi connectivity index (χ4v) is 4.20. The van der Waals surface area contributed by atoms with Crippen LogP contribution in [-0.2, 0) is 0 Å². The summed E-state index contributed by atoms with van der Waals surface area (Å²) in [6, 6.07) is 2.82. The van der Waals surface area contributed by atoms with Gasteiger partial charge in [0.2, 0.25) is 5.95 Å². The summed E-state index contributed by atoms with van der Waals surface area (Å²) in [5.41, 5.74) is 6.01. The Balaban J connectivity index is 1.58. The second-order valence-corrected chi connectivity index (χ2v) is 7.07. The third-order valence-electron chi connectivity index (χ3n) is 5.49. The molecule has 3 fully saturated rings. The Hall–Kier alpha value is -1.56. The normalized spacial score (nSPS) is 29.1. The summed E-state index contributed by atoms with van der Waals surface area (Å²) in [6.07, 6.45) is 5.36. The van der Waals surface area contributed by atoms with Crippen LogP contribution in [0.1, 0.15) is 25.7 Å². The zero-order chi connectivity index (χ0) is 15.1. The SMILES string of the molecule is CN1CCN(c2cc(N3CC4CCCC3C4)nc(N)n2)CC1. The Morgan fingerprint density at radius 2 is 1.86 bits per heavy atom. The zero-order valence-corrected chi connectivity index (χ0v) is 13.4. The minimum absolute atomic E-state index is 0.410. The molecule has 1 aromatic heterocycles. The van der Waals surface area contributed by atoms with Gasteiger partial charge in [0, 0.05) is 44.8 Å². The van der Waals surface area contributed by atoms with Crippen molar-refractivity contribution in [2.45, 2.75) is 31.7 Å². The Labute approximate surface area is 132 Å². The predicted octanol–water partition coefficient (Wildman–Crippen LogP) is 1.19. The number of aromatic nitrogens is 2. The van der Waals surface area contributed by atoms with E-state index in [-0.39, 0.29) is 0 Å². The molecule has 2 N–H and O–H groups in total. The van der Waals surface area contributed by atoms with Crippen molar-refractivity contribution in [3.05, 3.63) is 6.07 Å². The van der Waals surface area contributed by atoms with E-state index in [1.165, 1.54) is 25.7 Å². The first-order chi connectivity index (χ1) is 10.7. The number of nitrogens with zero attached hydrogens (tertiary/aromatic N) is 5. The Bertz CT molecular complexity index is 539. The summed E-state index contributed by atoms with van der Waals surface area (Å²) in [5, 5.41) is 0. The number of piperazine rings is 1. The molecule has 3 aliphatic rings. The van der Waals surface area contributed by atoms with Crippen LogP contribution >= 0.6 is 0 Å². The van der Waals surface area contributed by atoms with Crippen LogP contribution in [0.3, 0.4) is 0 Å². The number of hydrogen-bond acceptors (Lipinski definition) is 6. The number of nitrogen functional groups attached to an aromatic ring is 1. The first-order valence-corrected chi connectivity index (χ1v) is 8.54. The van der Waals surface area contributed by atoms with Gasteiger partial charge in [-0.15, -0.1) is 0 Å². The van der Waals surface area contributed by atoms with Crippen molar-refractivity contribution < 1.29 is 0 Å². The predicted molar refractivity (Wildman–Crippen MR) is 89.2 cm³/mol. The van der Waals surface area contributed by atoms with E-state index in [9.17, 15) is 0 Å². The van der Waals surface area contributed by atoms with Crippen molar-refractivity contribution in [2.75, 3.05) is 55.3 Å². The number of rotatable bonds is 2. The van der Waals surface area contributed by atoms with Crippen LogP contribution in [-0.4, -0.2) is 60.7 Å². The molecule has 120 valence electrons. The van der Waals surface area contributed by atoms with Gasteiger partial charge in [-0.2, -0.15) is 9.97 Å². The smallest absolute Gasteiger partial charge is 0.223 e. The number of nitrogens with two attached hydrogens (primary N) is 1. The monoisotopic (exact) mass is 302 g/mol. The van der Waals surface area contributed by atoms with Crippen LogP contribution in [0.2, 0.25) is 0 Å². The van der Waals surface area contributed by atoms with Gasteiger partial charge in [-0.1, -0.05) is 6.42 Å². The molecule has 2 unspecified atom stereocenters. The average Bonchev–Trinajstić information content (AvgIpc) is 2.81. The molecule has 4 rings (SSSR count). The maximum atomic E-state index is 6.01. The Morgan fingerprint density at radius 1 is 1.09 bits per heavy atom. The van der Waals surface area contributed by atoms with Crippen LogP contribution in [0.25, 0.3) is 0 Å². The molecule has 22 heavy (non-hydrogen) atoms. The molecule has 0 aromatic carbocycles. The van der Waals surface area contributed by atoms with Crippen molar-refractivity contribution >= 4 is 17.6 Å². The molecule has 0 amide bonds. The molecule has 2 atom stereocenters. The molecule has 0 radical (unpaired) electrons. The standard InChI is InChI=1S/C16H26N6/c1-20-5-7-21(8-6-20)14-10-15(19-16(17)18-14)22-11-12-3-2-4-13(22)9-12/h10,12-13H,2-9,11H2,1H3,(H2,17,18,19). The Kier molecular flexibility index (Phi) is 3.56. The largest absolute Gasteiger partial charge is 0.368 e. The summed E-state index contributed by atoms with van der Waals surface area (Å²) < 4.78 is 0. The molecule has 6 heteroatoms. The van der Waals surface area contributed by atoms with E-state index in [1.807, 2.05) is 0 Å². The zero-order valence-electron chi connectivity index (χ0n) is 13.4. The number of anilines is 3. The molecule has 1 aromatic rings. The maximum absolute atomic E-state index is 6.01. The van der Waals surface area contributed by atoms with Gasteiger partial charge >= 0.3 is 0 Å². The lowest BCUT2D eigenvalue weighted by atomic mass is 9.90. The van der Waals surface area contributed by atoms with Gasteiger partial charge in [-0.05, 0) is 32.2 Å². The van der Waals surface area contributed by atoms with Crippen molar-refractivity contribution in [1.82, 2.24) is 14.9 Å². The van der Waals surface area contributed by atoms with Crippen LogP contribution in [0.15, 0.2) is 6.07 Å². The fourth-order valence-electron chi connectivity index (χ4n) is 4.20. The molecule has 1 aliphatic carbocycles. The van der Waals surface area contributed by atoms with Crippen molar-refractivity contribution in [1.29, 1.82) is 0 Å². The number of fused-ring (bicyclic) bond motifs is 2. The first-order valence-electron chi connectivity index (χ1n) is 8.54. The summed E-state index contributed by atoms with van der Waals surface area (Å²) in [7, 11) is 2.17. The van der Waals surface area contributed by atoms with Crippen LogP contribution in [0, 0.1) is 5.92 Å². The summed E-state index contributed by atoms with van der Waals surface area (Å²) in [4.78, 5) is 16.2. The highest BCUT2D eigenvalue weighted by atomic mass is 15.3. The minimum Gasteiger partial charge on any atom is -0.368 e. The lowest BCUT2D eigenvalue weighted by Crippen LogP contribution is -2.45. The molecular formula is C16H26N6. The second kappa shape index (κ2) is 5.57. The van der Waals surface area contributed by atoms with Crippen molar-refractivity contribution in [3.63, 3.8) is 0 Å². The number of likely N-dealkylation sites (N-methyl/N-ethyl adjacent to an activating group) is 1. The summed E-state index contributed by atoms with van der Waals surface area (Å²) >= 11 is 0. The quantitative estimate of drug-likeness (QED) is 0.885. The molecular weight excluding hydrogens is 276 g/mol. The molecule has 3 heterocycles. The van der Waals surface area contributed by atoms with E-state index in [0.717, 1.165) is 50.3 Å². The maximum Gasteiger partial charge on any atom is 0.223 e. The second-order valence-electron chi connectivity index (χ2n) is 7.07. The van der Waals surface area contributed by atoms with E-state index in [0.29, 0.717) is 12.0 Å². The molecule has 2 bridgehead atoms. The van der Waals surface area contributed by atoms with E-state index in [1.54, 1.807) is 0 Å². The highest BCUT2D eigenvalue weighted by Crippen LogP contribution is 2.38.